The van der Waals surface area contributed by atoms with Crippen LogP contribution in [0.5, 0.6) is 0 Å². The lowest BCUT2D eigenvalue weighted by molar-refractivity contribution is -0.385. The van der Waals surface area contributed by atoms with Crippen LogP contribution >= 0.6 is 11.6 Å². The van der Waals surface area contributed by atoms with Crippen LogP contribution in [0.25, 0.3) is 0 Å². The molecular weight excluding hydrogens is 222 g/mol. The molecule has 0 aliphatic rings. The predicted octanol–water partition coefficient (Wildman–Crippen LogP) is 2.26. The van der Waals surface area contributed by atoms with Gasteiger partial charge in [0, 0.05) is 6.07 Å². The van der Waals surface area contributed by atoms with Gasteiger partial charge in [-0.1, -0.05) is 11.6 Å². The first-order valence-corrected chi connectivity index (χ1v) is 4.29. The minimum Gasteiger partial charge on any atom is -0.298 e. The quantitative estimate of drug-likeness (QED) is 0.343. The van der Waals surface area contributed by atoms with Crippen LogP contribution in [0, 0.1) is 10.1 Å². The molecule has 1 rings (SSSR count). The lowest BCUT2D eigenvalue weighted by Gasteiger charge is -2.03. The Kier molecular flexibility index (Phi) is 3.16. The van der Waals surface area contributed by atoms with E-state index in [2.05, 4.69) is 0 Å². The van der Waals surface area contributed by atoms with E-state index in [1.165, 1.54) is 6.07 Å². The number of ketones is 1. The van der Waals surface area contributed by atoms with Gasteiger partial charge in [0.25, 0.3) is 5.69 Å². The summed E-state index contributed by atoms with van der Waals surface area (Å²) in [6, 6.07) is 2.32. The van der Waals surface area contributed by atoms with Crippen molar-refractivity contribution < 1.29 is 14.5 Å². The second kappa shape index (κ2) is 4.18. The Bertz CT molecular complexity index is 456. The first-order valence-electron chi connectivity index (χ1n) is 3.92. The molecule has 0 N–H and O–H groups in total. The Morgan fingerprint density at radius 1 is 1.53 bits per heavy atom. The minimum absolute atomic E-state index is 0.0285. The number of carbonyl (C=O) groups excluding carboxylic acids is 2. The van der Waals surface area contributed by atoms with Crippen LogP contribution in [0.4, 0.5) is 5.69 Å². The number of hydrogen-bond acceptors (Lipinski definition) is 4. The van der Waals surface area contributed by atoms with Crippen LogP contribution < -0.4 is 0 Å². The zero-order chi connectivity index (χ0) is 11.6. The molecule has 0 bridgehead atoms. The molecule has 6 heteroatoms. The van der Waals surface area contributed by atoms with E-state index in [0.717, 1.165) is 13.0 Å². The standard InChI is InChI=1S/C9H6ClNO4/c1-5(13)9-6(4-12)7(10)2-3-8(9)11(14)15/h2-4H,1H3. The van der Waals surface area contributed by atoms with Crippen molar-refractivity contribution in [3.63, 3.8) is 0 Å². The molecule has 0 spiro atoms. The van der Waals surface area contributed by atoms with Crippen LogP contribution in [-0.4, -0.2) is 17.0 Å². The second-order valence-corrected chi connectivity index (χ2v) is 3.19. The van der Waals surface area contributed by atoms with Crippen molar-refractivity contribution in [2.24, 2.45) is 0 Å². The molecule has 0 aliphatic heterocycles. The summed E-state index contributed by atoms with van der Waals surface area (Å²) in [5.41, 5.74) is -0.796. The summed E-state index contributed by atoms with van der Waals surface area (Å²) >= 11 is 5.64. The third-order valence-electron chi connectivity index (χ3n) is 1.84. The molecule has 15 heavy (non-hydrogen) atoms. The SMILES string of the molecule is CC(=O)c1c([N+](=O)[O-])ccc(Cl)c1C=O. The number of nitro benzene ring substituents is 1. The van der Waals surface area contributed by atoms with Crippen molar-refractivity contribution in [3.8, 4) is 0 Å². The molecule has 1 aromatic carbocycles. The lowest BCUT2D eigenvalue weighted by Crippen LogP contribution is -2.05. The Balaban J connectivity index is 3.63. The summed E-state index contributed by atoms with van der Waals surface area (Å²) in [7, 11) is 0. The van der Waals surface area contributed by atoms with Gasteiger partial charge in [0.2, 0.25) is 0 Å². The van der Waals surface area contributed by atoms with Gasteiger partial charge in [-0.3, -0.25) is 19.7 Å². The highest BCUT2D eigenvalue weighted by atomic mass is 35.5. The summed E-state index contributed by atoms with van der Waals surface area (Å²) < 4.78 is 0. The highest BCUT2D eigenvalue weighted by molar-refractivity contribution is 6.34. The zero-order valence-electron chi connectivity index (χ0n) is 7.69. The molecule has 0 aliphatic carbocycles. The molecule has 1 aromatic rings. The topological polar surface area (TPSA) is 77.3 Å². The first-order chi connectivity index (χ1) is 6.99. The van der Waals surface area contributed by atoms with Crippen molar-refractivity contribution in [2.75, 3.05) is 0 Å². The maximum atomic E-state index is 11.2. The van der Waals surface area contributed by atoms with Gasteiger partial charge in [-0.05, 0) is 13.0 Å². The highest BCUT2D eigenvalue weighted by Crippen LogP contribution is 2.27. The third kappa shape index (κ3) is 2.02. The number of halogens is 1. The van der Waals surface area contributed by atoms with Gasteiger partial charge in [-0.25, -0.2) is 0 Å². The number of nitro groups is 1. The van der Waals surface area contributed by atoms with Gasteiger partial charge in [0.1, 0.15) is 5.56 Å². The molecule has 5 nitrogen and oxygen atoms in total. The number of benzene rings is 1. The van der Waals surface area contributed by atoms with E-state index in [-0.39, 0.29) is 16.1 Å². The van der Waals surface area contributed by atoms with Crippen LogP contribution in [0.3, 0.4) is 0 Å². The number of carbonyl (C=O) groups is 2. The number of Topliss-reactive ketones (excluding diaryl/α,β-unsaturated/α-hetero) is 1. The number of nitrogens with zero attached hydrogens (tertiary/aromatic N) is 1. The van der Waals surface area contributed by atoms with Gasteiger partial charge < -0.3 is 0 Å². The molecule has 0 heterocycles. The summed E-state index contributed by atoms with van der Waals surface area (Å²) in [5, 5.41) is 10.6. The normalized spacial score (nSPS) is 9.73. The van der Waals surface area contributed by atoms with Crippen LogP contribution in [0.2, 0.25) is 5.02 Å². The molecule has 0 atom stereocenters. The maximum Gasteiger partial charge on any atom is 0.281 e. The van der Waals surface area contributed by atoms with E-state index < -0.39 is 16.4 Å². The minimum atomic E-state index is -0.722. The van der Waals surface area contributed by atoms with E-state index in [4.69, 9.17) is 11.6 Å². The Hall–Kier alpha value is -1.75. The van der Waals surface area contributed by atoms with E-state index in [1.807, 2.05) is 0 Å². The number of rotatable bonds is 3. The fourth-order valence-corrected chi connectivity index (χ4v) is 1.42. The summed E-state index contributed by atoms with van der Waals surface area (Å²) in [6.45, 7) is 1.14. The Morgan fingerprint density at radius 2 is 2.13 bits per heavy atom. The fraction of sp³-hybridized carbons (Fsp3) is 0.111. The molecule has 0 aromatic heterocycles. The van der Waals surface area contributed by atoms with Gasteiger partial charge in [-0.2, -0.15) is 0 Å². The predicted molar refractivity (Wildman–Crippen MR) is 53.5 cm³/mol. The first kappa shape index (κ1) is 11.3. The van der Waals surface area contributed by atoms with E-state index >= 15 is 0 Å². The summed E-state index contributed by atoms with van der Waals surface area (Å²) in [4.78, 5) is 31.7. The monoisotopic (exact) mass is 227 g/mol. The lowest BCUT2D eigenvalue weighted by atomic mass is 10.0. The largest absolute Gasteiger partial charge is 0.298 e. The smallest absolute Gasteiger partial charge is 0.281 e. The van der Waals surface area contributed by atoms with Crippen LogP contribution in [-0.2, 0) is 0 Å². The molecule has 0 saturated carbocycles. The van der Waals surface area contributed by atoms with Crippen molar-refractivity contribution in [1.82, 2.24) is 0 Å². The van der Waals surface area contributed by atoms with Crippen molar-refractivity contribution in [2.45, 2.75) is 6.92 Å². The molecule has 0 radical (unpaired) electrons. The van der Waals surface area contributed by atoms with Gasteiger partial charge >= 0.3 is 0 Å². The van der Waals surface area contributed by atoms with Gasteiger partial charge in [0.05, 0.1) is 15.5 Å². The molecule has 0 fully saturated rings. The van der Waals surface area contributed by atoms with Crippen LogP contribution in [0.15, 0.2) is 12.1 Å². The van der Waals surface area contributed by atoms with Gasteiger partial charge in [-0.15, -0.1) is 0 Å². The molecule has 0 amide bonds. The Labute approximate surface area is 89.8 Å². The Morgan fingerprint density at radius 3 is 2.53 bits per heavy atom. The number of aldehydes is 1. The summed E-state index contributed by atoms with van der Waals surface area (Å²) in [6.07, 6.45) is 0.339. The average Bonchev–Trinajstić information content (AvgIpc) is 2.16. The molecule has 0 saturated heterocycles. The second-order valence-electron chi connectivity index (χ2n) is 2.79. The molecule has 78 valence electrons. The van der Waals surface area contributed by atoms with E-state index in [1.54, 1.807) is 0 Å². The van der Waals surface area contributed by atoms with Gasteiger partial charge in [0.15, 0.2) is 12.1 Å². The maximum absolute atomic E-state index is 11.2. The molecular formula is C9H6ClNO4. The summed E-state index contributed by atoms with van der Waals surface area (Å²) in [5.74, 6) is -0.564. The van der Waals surface area contributed by atoms with Crippen molar-refractivity contribution in [3.05, 3.63) is 38.4 Å². The third-order valence-corrected chi connectivity index (χ3v) is 2.17. The van der Waals surface area contributed by atoms with E-state index in [9.17, 15) is 19.7 Å². The van der Waals surface area contributed by atoms with Crippen molar-refractivity contribution in [1.29, 1.82) is 0 Å². The van der Waals surface area contributed by atoms with Crippen LogP contribution in [0.1, 0.15) is 27.6 Å². The molecule has 0 unspecified atom stereocenters. The zero-order valence-corrected chi connectivity index (χ0v) is 8.45. The highest BCUT2D eigenvalue weighted by Gasteiger charge is 2.23. The van der Waals surface area contributed by atoms with E-state index in [0.29, 0.717) is 6.29 Å². The average molecular weight is 228 g/mol. The fourth-order valence-electron chi connectivity index (χ4n) is 1.22. The van der Waals surface area contributed by atoms with Crippen molar-refractivity contribution >= 4 is 29.4 Å². The number of hydrogen-bond donors (Lipinski definition) is 0.